The minimum absolute atomic E-state index is 0.0386. The predicted octanol–water partition coefficient (Wildman–Crippen LogP) is 6.04. The van der Waals surface area contributed by atoms with Crippen molar-refractivity contribution in [1.82, 2.24) is 19.3 Å². The highest BCUT2D eigenvalue weighted by Gasteiger charge is 2.31. The van der Waals surface area contributed by atoms with Gasteiger partial charge in [0.05, 0.1) is 25.8 Å². The average molecular weight is 640 g/mol. The molecule has 0 aliphatic carbocycles. The van der Waals surface area contributed by atoms with Crippen molar-refractivity contribution >= 4 is 29.1 Å². The molecule has 6 rings (SSSR count). The molecular weight excluding hydrogens is 598 g/mol. The van der Waals surface area contributed by atoms with Gasteiger partial charge in [0.25, 0.3) is 11.8 Å². The first-order chi connectivity index (χ1) is 22.2. The van der Waals surface area contributed by atoms with Crippen LogP contribution < -0.4 is 9.64 Å². The molecule has 3 heterocycles. The second-order valence-corrected chi connectivity index (χ2v) is 12.9. The topological polar surface area (TPSA) is 61.3 Å². The van der Waals surface area contributed by atoms with Gasteiger partial charge < -0.3 is 24.0 Å². The van der Waals surface area contributed by atoms with Crippen LogP contribution in [0.1, 0.15) is 44.1 Å². The van der Waals surface area contributed by atoms with E-state index in [4.69, 9.17) is 16.3 Å². The number of aryl methyl sites for hydroxylation is 1. The molecule has 1 saturated heterocycles. The lowest BCUT2D eigenvalue weighted by Gasteiger charge is -2.35. The first-order valence-corrected chi connectivity index (χ1v) is 16.3. The Bertz CT molecular complexity index is 1740. The second-order valence-electron chi connectivity index (χ2n) is 12.5. The van der Waals surface area contributed by atoms with Gasteiger partial charge in [-0.25, -0.2) is 0 Å². The van der Waals surface area contributed by atoms with E-state index in [1.54, 1.807) is 18.1 Å². The minimum atomic E-state index is -0.213. The van der Waals surface area contributed by atoms with Crippen LogP contribution in [0, 0.1) is 6.92 Å². The van der Waals surface area contributed by atoms with Crippen molar-refractivity contribution in [2.45, 2.75) is 26.4 Å². The van der Waals surface area contributed by atoms with Gasteiger partial charge >= 0.3 is 0 Å². The Morgan fingerprint density at radius 1 is 0.870 bits per heavy atom. The van der Waals surface area contributed by atoms with Crippen LogP contribution in [0.4, 0.5) is 5.69 Å². The normalized spacial score (nSPS) is 15.0. The van der Waals surface area contributed by atoms with Gasteiger partial charge in [-0.2, -0.15) is 0 Å². The molecule has 0 atom stereocenters. The van der Waals surface area contributed by atoms with E-state index in [9.17, 15) is 9.59 Å². The Labute approximate surface area is 276 Å². The molecule has 9 heteroatoms. The summed E-state index contributed by atoms with van der Waals surface area (Å²) in [4.78, 5) is 36.7. The van der Waals surface area contributed by atoms with Gasteiger partial charge in [-0.15, -0.1) is 0 Å². The van der Waals surface area contributed by atoms with Gasteiger partial charge in [0.15, 0.2) is 0 Å². The summed E-state index contributed by atoms with van der Waals surface area (Å²) in [5.41, 5.74) is 6.61. The van der Waals surface area contributed by atoms with Crippen LogP contribution in [0.5, 0.6) is 5.75 Å². The highest BCUT2D eigenvalue weighted by atomic mass is 35.5. The lowest BCUT2D eigenvalue weighted by molar-refractivity contribution is 0.0623. The van der Waals surface area contributed by atoms with Gasteiger partial charge in [0.2, 0.25) is 0 Å². The maximum absolute atomic E-state index is 14.4. The summed E-state index contributed by atoms with van der Waals surface area (Å²) in [5, 5.41) is 0.482. The molecule has 0 saturated carbocycles. The third-order valence-electron chi connectivity index (χ3n) is 9.16. The fourth-order valence-corrected chi connectivity index (χ4v) is 6.86. The summed E-state index contributed by atoms with van der Waals surface area (Å²) in [6.07, 6.45) is 1.12. The number of amides is 2. The molecule has 4 aromatic rings. The number of halogens is 1. The molecule has 1 fully saturated rings. The molecule has 0 N–H and O–H groups in total. The molecule has 1 aromatic heterocycles. The number of carbonyl (C=O) groups is 2. The molecule has 2 aliphatic heterocycles. The number of aromatic nitrogens is 1. The molecule has 2 aliphatic rings. The number of hydrogen-bond acceptors (Lipinski definition) is 5. The maximum Gasteiger partial charge on any atom is 0.270 e. The monoisotopic (exact) mass is 639 g/mol. The summed E-state index contributed by atoms with van der Waals surface area (Å²) in [6.45, 7) is 8.13. The molecule has 8 nitrogen and oxygen atoms in total. The number of piperazine rings is 1. The van der Waals surface area contributed by atoms with E-state index in [0.29, 0.717) is 48.2 Å². The van der Waals surface area contributed by atoms with Crippen molar-refractivity contribution in [3.05, 3.63) is 106 Å². The molecule has 3 aromatic carbocycles. The van der Waals surface area contributed by atoms with E-state index < -0.39 is 0 Å². The lowest BCUT2D eigenvalue weighted by atomic mass is 9.98. The average Bonchev–Trinajstić information content (AvgIpc) is 3.37. The summed E-state index contributed by atoms with van der Waals surface area (Å²) < 4.78 is 7.85. The van der Waals surface area contributed by atoms with Crippen LogP contribution in [-0.4, -0.2) is 91.6 Å². The standard InChI is InChI=1S/C37H42ClN5O3/c1-26-10-5-7-12-29(26)30-23-35(46-4)31(22-32(30)38)36(44)43-25-28-14-15-34(42(28)24-27-11-6-8-13-33(27)43)37(45)41-20-18-40(19-21-41)17-9-16-39(2)3/h5-8,10-15,22-23H,9,16-21,24-25H2,1-4H3. The van der Waals surface area contributed by atoms with Crippen molar-refractivity contribution < 1.29 is 14.3 Å². The van der Waals surface area contributed by atoms with Gasteiger partial charge in [-0.1, -0.05) is 54.1 Å². The first kappa shape index (κ1) is 31.9. The van der Waals surface area contributed by atoms with Crippen molar-refractivity contribution in [3.8, 4) is 16.9 Å². The number of methoxy groups -OCH3 is 1. The van der Waals surface area contributed by atoms with Crippen LogP contribution >= 0.6 is 11.6 Å². The fourth-order valence-electron chi connectivity index (χ4n) is 6.59. The highest BCUT2D eigenvalue weighted by molar-refractivity contribution is 6.34. The van der Waals surface area contributed by atoms with E-state index in [1.807, 2.05) is 78.6 Å². The molecule has 240 valence electrons. The number of benzene rings is 3. The number of rotatable bonds is 8. The van der Waals surface area contributed by atoms with E-state index in [1.165, 1.54) is 0 Å². The Morgan fingerprint density at radius 2 is 1.61 bits per heavy atom. The van der Waals surface area contributed by atoms with Gasteiger partial charge in [0.1, 0.15) is 11.4 Å². The number of hydrogen-bond donors (Lipinski definition) is 0. The number of carbonyl (C=O) groups excluding carboxylic acids is 2. The minimum Gasteiger partial charge on any atom is -0.496 e. The van der Waals surface area contributed by atoms with E-state index in [2.05, 4.69) is 28.5 Å². The number of fused-ring (bicyclic) bond motifs is 2. The molecule has 0 radical (unpaired) electrons. The zero-order valence-electron chi connectivity index (χ0n) is 27.1. The van der Waals surface area contributed by atoms with Crippen LogP contribution in [-0.2, 0) is 13.1 Å². The predicted molar refractivity (Wildman–Crippen MR) is 184 cm³/mol. The fraction of sp³-hybridized carbons (Fsp3) is 0.351. The van der Waals surface area contributed by atoms with Crippen molar-refractivity contribution in [3.63, 3.8) is 0 Å². The summed E-state index contributed by atoms with van der Waals surface area (Å²) in [5.74, 6) is 0.286. The lowest BCUT2D eigenvalue weighted by Crippen LogP contribution is -2.49. The van der Waals surface area contributed by atoms with Gasteiger partial charge in [-0.05, 0) is 87.6 Å². The Hall–Kier alpha value is -4.11. The molecular formula is C37H42ClN5O3. The smallest absolute Gasteiger partial charge is 0.270 e. The number of ether oxygens (including phenoxy) is 1. The van der Waals surface area contributed by atoms with Crippen molar-refractivity contribution in [2.24, 2.45) is 0 Å². The van der Waals surface area contributed by atoms with Gasteiger partial charge in [-0.3, -0.25) is 14.5 Å². The van der Waals surface area contributed by atoms with Crippen LogP contribution in [0.2, 0.25) is 5.02 Å². The maximum atomic E-state index is 14.4. The summed E-state index contributed by atoms with van der Waals surface area (Å²) in [6, 6.07) is 23.4. The Kier molecular flexibility index (Phi) is 9.49. The third-order valence-corrected chi connectivity index (χ3v) is 9.47. The van der Waals surface area contributed by atoms with Crippen LogP contribution in [0.25, 0.3) is 11.1 Å². The molecule has 0 spiro atoms. The number of anilines is 1. The number of nitrogens with zero attached hydrogens (tertiary/aromatic N) is 5. The zero-order valence-corrected chi connectivity index (χ0v) is 27.9. The van der Waals surface area contributed by atoms with E-state index >= 15 is 0 Å². The largest absolute Gasteiger partial charge is 0.496 e. The quantitative estimate of drug-likeness (QED) is 0.235. The number of para-hydroxylation sites is 1. The first-order valence-electron chi connectivity index (χ1n) is 15.9. The Balaban J connectivity index is 1.27. The molecule has 46 heavy (non-hydrogen) atoms. The van der Waals surface area contributed by atoms with E-state index in [0.717, 1.165) is 66.2 Å². The molecule has 2 amide bonds. The van der Waals surface area contributed by atoms with Crippen molar-refractivity contribution in [2.75, 3.05) is 65.4 Å². The Morgan fingerprint density at radius 3 is 2.35 bits per heavy atom. The van der Waals surface area contributed by atoms with Crippen LogP contribution in [0.3, 0.4) is 0 Å². The van der Waals surface area contributed by atoms with Gasteiger partial charge in [0, 0.05) is 48.1 Å². The third kappa shape index (κ3) is 6.43. The summed E-state index contributed by atoms with van der Waals surface area (Å²) >= 11 is 6.84. The zero-order chi connectivity index (χ0) is 32.4. The van der Waals surface area contributed by atoms with Crippen molar-refractivity contribution in [1.29, 1.82) is 0 Å². The SMILES string of the molecule is COc1cc(-c2ccccc2C)c(Cl)cc1C(=O)N1Cc2ccc(C(=O)N3CCN(CCCN(C)C)CC3)n2Cc2ccccc21. The molecule has 0 bridgehead atoms. The van der Waals surface area contributed by atoms with Crippen LogP contribution in [0.15, 0.2) is 72.8 Å². The van der Waals surface area contributed by atoms with E-state index in [-0.39, 0.29) is 11.8 Å². The summed E-state index contributed by atoms with van der Waals surface area (Å²) in [7, 11) is 5.77. The highest BCUT2D eigenvalue weighted by Crippen LogP contribution is 2.38. The molecule has 0 unspecified atom stereocenters. The second kappa shape index (κ2) is 13.7.